The van der Waals surface area contributed by atoms with Crippen molar-refractivity contribution < 1.29 is 23.8 Å². The lowest BCUT2D eigenvalue weighted by atomic mass is 9.92. The number of anilines is 1. The van der Waals surface area contributed by atoms with Gasteiger partial charge in [-0.2, -0.15) is 0 Å². The van der Waals surface area contributed by atoms with Gasteiger partial charge in [0.25, 0.3) is 0 Å². The van der Waals surface area contributed by atoms with E-state index in [1.165, 1.54) is 7.11 Å². The molecule has 2 aliphatic rings. The molecule has 2 heterocycles. The zero-order valence-corrected chi connectivity index (χ0v) is 18.7. The molecule has 2 aromatic carbocycles. The molecule has 1 aromatic heterocycles. The number of aromatic nitrogens is 1. The second-order valence-corrected chi connectivity index (χ2v) is 9.46. The highest BCUT2D eigenvalue weighted by Gasteiger charge is 2.51. The Kier molecular flexibility index (Phi) is 4.48. The van der Waals surface area contributed by atoms with E-state index in [2.05, 4.69) is 5.32 Å². The van der Waals surface area contributed by atoms with Crippen molar-refractivity contribution in [3.63, 3.8) is 0 Å². The Morgan fingerprint density at radius 1 is 1.03 bits per heavy atom. The predicted octanol–water partition coefficient (Wildman–Crippen LogP) is 4.95. The quantitative estimate of drug-likeness (QED) is 0.631. The minimum atomic E-state index is -0.551. The minimum absolute atomic E-state index is 0.0424. The summed E-state index contributed by atoms with van der Waals surface area (Å²) in [6.45, 7) is 6.35. The summed E-state index contributed by atoms with van der Waals surface area (Å²) in [5.74, 6) is 1.35. The first-order valence-corrected chi connectivity index (χ1v) is 10.7. The molecule has 0 spiro atoms. The van der Waals surface area contributed by atoms with E-state index in [0.29, 0.717) is 17.2 Å². The van der Waals surface area contributed by atoms with Crippen molar-refractivity contribution in [1.29, 1.82) is 0 Å². The summed E-state index contributed by atoms with van der Waals surface area (Å²) < 4.78 is 17.5. The summed E-state index contributed by atoms with van der Waals surface area (Å²) in [4.78, 5) is 25.7. The molecular formula is C25H26N2O5. The molecule has 7 heteroatoms. The molecule has 1 amide bonds. The molecule has 0 bridgehead atoms. The fraction of sp³-hybridized carbons (Fsp3) is 0.360. The summed E-state index contributed by atoms with van der Waals surface area (Å²) in [5, 5.41) is 3.94. The highest BCUT2D eigenvalue weighted by molar-refractivity contribution is 6.03. The maximum atomic E-state index is 13.3. The summed E-state index contributed by atoms with van der Waals surface area (Å²) in [5.41, 5.74) is 2.42. The number of fused-ring (bicyclic) bond motifs is 2. The summed E-state index contributed by atoms with van der Waals surface area (Å²) >= 11 is 0. The average molecular weight is 434 g/mol. The SMILES string of the molecule is COC(=O)n1c(C(C)(C)C)cc2cc(NC(=O)C3(c4ccc5c(c4)OCO5)CC3)ccc21. The van der Waals surface area contributed by atoms with Gasteiger partial charge in [-0.25, -0.2) is 9.36 Å². The van der Waals surface area contributed by atoms with Crippen LogP contribution in [0.2, 0.25) is 0 Å². The minimum Gasteiger partial charge on any atom is -0.454 e. The highest BCUT2D eigenvalue weighted by Crippen LogP contribution is 2.51. The number of methoxy groups -OCH3 is 1. The number of benzene rings is 2. The van der Waals surface area contributed by atoms with Crippen LogP contribution in [0.4, 0.5) is 10.5 Å². The normalized spacial score (nSPS) is 16.1. The van der Waals surface area contributed by atoms with E-state index in [1.807, 2.05) is 63.2 Å². The van der Waals surface area contributed by atoms with Crippen molar-refractivity contribution in [3.05, 3.63) is 53.7 Å². The zero-order valence-electron chi connectivity index (χ0n) is 18.7. The molecule has 1 saturated carbocycles. The van der Waals surface area contributed by atoms with E-state index in [1.54, 1.807) is 4.57 Å². The molecule has 5 rings (SSSR count). The third kappa shape index (κ3) is 3.20. The van der Waals surface area contributed by atoms with Crippen LogP contribution in [0.3, 0.4) is 0 Å². The van der Waals surface area contributed by atoms with Crippen LogP contribution in [0, 0.1) is 0 Å². The fourth-order valence-corrected chi connectivity index (χ4v) is 4.35. The molecule has 0 radical (unpaired) electrons. The van der Waals surface area contributed by atoms with Crippen molar-refractivity contribution >= 4 is 28.6 Å². The monoisotopic (exact) mass is 434 g/mol. The average Bonchev–Trinajstić information content (AvgIpc) is 3.27. The van der Waals surface area contributed by atoms with Crippen LogP contribution in [-0.2, 0) is 20.4 Å². The Labute approximate surface area is 186 Å². The van der Waals surface area contributed by atoms with Crippen LogP contribution in [0.1, 0.15) is 44.9 Å². The largest absolute Gasteiger partial charge is 0.454 e. The first kappa shape index (κ1) is 20.4. The Morgan fingerprint density at radius 3 is 2.47 bits per heavy atom. The van der Waals surface area contributed by atoms with Gasteiger partial charge in [-0.15, -0.1) is 0 Å². The van der Waals surface area contributed by atoms with Gasteiger partial charge in [0.05, 0.1) is 18.0 Å². The smallest absolute Gasteiger partial charge is 0.418 e. The lowest BCUT2D eigenvalue weighted by Crippen LogP contribution is -2.27. The number of hydrogen-bond acceptors (Lipinski definition) is 5. The van der Waals surface area contributed by atoms with E-state index >= 15 is 0 Å². The van der Waals surface area contributed by atoms with Crippen LogP contribution in [0.15, 0.2) is 42.5 Å². The van der Waals surface area contributed by atoms with Crippen LogP contribution in [0.25, 0.3) is 10.9 Å². The van der Waals surface area contributed by atoms with Crippen molar-refractivity contribution in [2.45, 2.75) is 44.4 Å². The van der Waals surface area contributed by atoms with Gasteiger partial charge < -0.3 is 19.5 Å². The number of amides is 1. The maximum Gasteiger partial charge on any atom is 0.418 e. The van der Waals surface area contributed by atoms with Gasteiger partial charge in [0, 0.05) is 22.2 Å². The first-order chi connectivity index (χ1) is 15.2. The predicted molar refractivity (Wildman–Crippen MR) is 121 cm³/mol. The summed E-state index contributed by atoms with van der Waals surface area (Å²) in [6, 6.07) is 13.3. The Hall–Kier alpha value is -3.48. The van der Waals surface area contributed by atoms with Crippen molar-refractivity contribution in [3.8, 4) is 11.5 Å². The van der Waals surface area contributed by atoms with Crippen LogP contribution >= 0.6 is 0 Å². The molecule has 0 saturated heterocycles. The van der Waals surface area contributed by atoms with Gasteiger partial charge in [0.15, 0.2) is 11.5 Å². The van der Waals surface area contributed by atoms with Gasteiger partial charge in [0.2, 0.25) is 12.7 Å². The van der Waals surface area contributed by atoms with E-state index in [-0.39, 0.29) is 18.1 Å². The van der Waals surface area contributed by atoms with E-state index < -0.39 is 11.5 Å². The van der Waals surface area contributed by atoms with Gasteiger partial charge >= 0.3 is 6.09 Å². The van der Waals surface area contributed by atoms with Gasteiger partial charge in [-0.3, -0.25) is 4.79 Å². The van der Waals surface area contributed by atoms with E-state index in [0.717, 1.165) is 35.0 Å². The Morgan fingerprint density at radius 2 is 1.78 bits per heavy atom. The molecule has 166 valence electrons. The second-order valence-electron chi connectivity index (χ2n) is 9.46. The summed E-state index contributed by atoms with van der Waals surface area (Å²) in [6.07, 6.45) is 1.14. The van der Waals surface area contributed by atoms with E-state index in [9.17, 15) is 9.59 Å². The zero-order chi connectivity index (χ0) is 22.7. The molecule has 32 heavy (non-hydrogen) atoms. The number of ether oxygens (including phenoxy) is 3. The van der Waals surface area contributed by atoms with Gasteiger partial charge in [-0.1, -0.05) is 26.8 Å². The lowest BCUT2D eigenvalue weighted by Gasteiger charge is -2.20. The first-order valence-electron chi connectivity index (χ1n) is 10.7. The number of nitrogens with one attached hydrogen (secondary N) is 1. The molecule has 1 N–H and O–H groups in total. The molecule has 0 unspecified atom stereocenters. The molecular weight excluding hydrogens is 408 g/mol. The maximum absolute atomic E-state index is 13.3. The number of hydrogen-bond donors (Lipinski definition) is 1. The van der Waals surface area contributed by atoms with Crippen molar-refractivity contribution in [1.82, 2.24) is 4.57 Å². The highest BCUT2D eigenvalue weighted by atomic mass is 16.7. The van der Waals surface area contributed by atoms with E-state index in [4.69, 9.17) is 14.2 Å². The summed E-state index contributed by atoms with van der Waals surface area (Å²) in [7, 11) is 1.38. The van der Waals surface area contributed by atoms with Gasteiger partial charge in [0.1, 0.15) is 0 Å². The molecule has 1 aliphatic heterocycles. The topological polar surface area (TPSA) is 78.8 Å². The molecule has 1 fully saturated rings. The van der Waals surface area contributed by atoms with Crippen LogP contribution < -0.4 is 14.8 Å². The third-order valence-corrected chi connectivity index (χ3v) is 6.29. The number of rotatable bonds is 3. The molecule has 3 aromatic rings. The van der Waals surface area contributed by atoms with Crippen LogP contribution in [-0.4, -0.2) is 30.5 Å². The van der Waals surface area contributed by atoms with Gasteiger partial charge in [-0.05, 0) is 54.8 Å². The Bertz CT molecular complexity index is 1250. The molecule has 7 nitrogen and oxygen atoms in total. The van der Waals surface area contributed by atoms with Crippen molar-refractivity contribution in [2.24, 2.45) is 0 Å². The second kappa shape index (κ2) is 7.02. The number of nitrogens with zero attached hydrogens (tertiary/aromatic N) is 1. The Balaban J connectivity index is 1.45. The van der Waals surface area contributed by atoms with Crippen molar-refractivity contribution in [2.75, 3.05) is 19.2 Å². The lowest BCUT2D eigenvalue weighted by molar-refractivity contribution is -0.118. The molecule has 0 atom stereocenters. The standard InChI is InChI=1S/C25H26N2O5/c1-24(2,3)21-12-15-11-17(6-7-18(15)27(21)23(29)30-4)26-22(28)25(9-10-25)16-5-8-19-20(13-16)32-14-31-19/h5-8,11-13H,9-10,14H2,1-4H3,(H,26,28). The number of carbonyl (C=O) groups is 2. The number of carbonyl (C=O) groups excluding carboxylic acids is 2. The molecule has 1 aliphatic carbocycles. The fourth-order valence-electron chi connectivity index (χ4n) is 4.35. The third-order valence-electron chi connectivity index (χ3n) is 6.29. The van der Waals surface area contributed by atoms with Crippen LogP contribution in [0.5, 0.6) is 11.5 Å².